The molecule has 31 heavy (non-hydrogen) atoms. The summed E-state index contributed by atoms with van der Waals surface area (Å²) in [6.45, 7) is 5.77. The van der Waals surface area contributed by atoms with Crippen LogP contribution in [0.25, 0.3) is 0 Å². The minimum atomic E-state index is -0.364. The summed E-state index contributed by atoms with van der Waals surface area (Å²) in [6, 6.07) is 0. The number of hydrogen-bond donors (Lipinski definition) is 1. The summed E-state index contributed by atoms with van der Waals surface area (Å²) < 4.78 is 24.8. The van der Waals surface area contributed by atoms with Crippen LogP contribution in [0.15, 0.2) is 16.3 Å². The van der Waals surface area contributed by atoms with E-state index in [-0.39, 0.29) is 18.5 Å². The number of methoxy groups -OCH3 is 2. The molecule has 10 nitrogen and oxygen atoms in total. The Morgan fingerprint density at radius 2 is 1.48 bits per heavy atom. The van der Waals surface area contributed by atoms with Gasteiger partial charge in [-0.25, -0.2) is 19.6 Å². The highest BCUT2D eigenvalue weighted by molar-refractivity contribution is 9.11. The lowest BCUT2D eigenvalue weighted by molar-refractivity contribution is 0.0522. The Balaban J connectivity index is 0.000000492. The van der Waals surface area contributed by atoms with E-state index in [1.807, 2.05) is 0 Å². The summed E-state index contributed by atoms with van der Waals surface area (Å²) in [5.74, 6) is -0.674. The lowest BCUT2D eigenvalue weighted by Crippen LogP contribution is -2.03. The average Bonchev–Trinajstić information content (AvgIpc) is 3.40. The van der Waals surface area contributed by atoms with Crippen molar-refractivity contribution in [1.29, 1.82) is 0 Å². The van der Waals surface area contributed by atoms with Gasteiger partial charge in [0.05, 0.1) is 45.4 Å². The first-order valence-electron chi connectivity index (χ1n) is 9.06. The molecule has 0 saturated carbocycles. The fourth-order valence-corrected chi connectivity index (χ4v) is 3.32. The standard InChI is InChI=1S/C9H13NO4S.C6H6BrNO2S.C3H8O2/c1-3-13-8(11)7-6-10-9(15-7)14-5-4-12-2;1-2-10-5(9)4-3-8-6(7)11-4;1-5-3-2-4/h6H,3-5H2,1-2H3;3H,2H2,1H3;4H,2-3H2,1H3. The van der Waals surface area contributed by atoms with E-state index in [2.05, 4.69) is 30.6 Å². The first-order valence-corrected chi connectivity index (χ1v) is 11.5. The third-order valence-corrected chi connectivity index (χ3v) is 5.07. The number of thiazole rings is 2. The minimum Gasteiger partial charge on any atom is -0.468 e. The van der Waals surface area contributed by atoms with Crippen molar-refractivity contribution >= 4 is 50.5 Å². The second-order valence-corrected chi connectivity index (χ2v) is 8.27. The number of nitrogens with zero attached hydrogens (tertiary/aromatic N) is 2. The molecule has 13 heteroatoms. The van der Waals surface area contributed by atoms with Gasteiger partial charge in [0.2, 0.25) is 0 Å². The van der Waals surface area contributed by atoms with Crippen molar-refractivity contribution in [3.05, 3.63) is 26.1 Å². The van der Waals surface area contributed by atoms with E-state index in [4.69, 9.17) is 24.1 Å². The number of carbonyl (C=O) groups is 2. The Kier molecular flexibility index (Phi) is 18.1. The second kappa shape index (κ2) is 19.1. The van der Waals surface area contributed by atoms with Gasteiger partial charge in [-0.3, -0.25) is 0 Å². The molecule has 0 aromatic carbocycles. The molecular formula is C18H27BrN2O8S2. The number of esters is 2. The van der Waals surface area contributed by atoms with E-state index in [1.165, 1.54) is 35.1 Å². The Morgan fingerprint density at radius 1 is 0.935 bits per heavy atom. The smallest absolute Gasteiger partial charge is 0.350 e. The van der Waals surface area contributed by atoms with Crippen molar-refractivity contribution in [2.24, 2.45) is 0 Å². The summed E-state index contributed by atoms with van der Waals surface area (Å²) >= 11 is 5.59. The van der Waals surface area contributed by atoms with Crippen LogP contribution in [0, 0.1) is 0 Å². The molecule has 0 saturated heterocycles. The molecule has 0 spiro atoms. The number of ether oxygens (including phenoxy) is 5. The van der Waals surface area contributed by atoms with E-state index in [9.17, 15) is 9.59 Å². The molecule has 0 aliphatic rings. The van der Waals surface area contributed by atoms with Crippen LogP contribution in [-0.2, 0) is 18.9 Å². The largest absolute Gasteiger partial charge is 0.468 e. The fourth-order valence-electron chi connectivity index (χ4n) is 1.47. The Bertz CT molecular complexity index is 740. The van der Waals surface area contributed by atoms with Crippen LogP contribution in [0.5, 0.6) is 5.19 Å². The highest BCUT2D eigenvalue weighted by Gasteiger charge is 2.11. The van der Waals surface area contributed by atoms with Crippen LogP contribution in [0.1, 0.15) is 33.2 Å². The maximum Gasteiger partial charge on any atom is 0.350 e. The van der Waals surface area contributed by atoms with Gasteiger partial charge in [0.25, 0.3) is 5.19 Å². The summed E-state index contributed by atoms with van der Waals surface area (Å²) in [6.07, 6.45) is 2.94. The van der Waals surface area contributed by atoms with E-state index in [0.717, 1.165) is 0 Å². The SMILES string of the molecule is CCOC(=O)c1cnc(Br)s1.CCOC(=O)c1cnc(OCCOC)s1.COCCO. The van der Waals surface area contributed by atoms with Crippen molar-refractivity contribution in [1.82, 2.24) is 9.97 Å². The monoisotopic (exact) mass is 542 g/mol. The molecule has 0 bridgehead atoms. The van der Waals surface area contributed by atoms with Gasteiger partial charge in [-0.15, -0.1) is 11.3 Å². The average molecular weight is 543 g/mol. The molecule has 2 heterocycles. The van der Waals surface area contributed by atoms with Gasteiger partial charge in [-0.2, -0.15) is 0 Å². The van der Waals surface area contributed by atoms with Crippen LogP contribution >= 0.6 is 38.6 Å². The quantitative estimate of drug-likeness (QED) is 0.353. The van der Waals surface area contributed by atoms with E-state index in [0.29, 0.717) is 51.9 Å². The van der Waals surface area contributed by atoms with Crippen molar-refractivity contribution in [3.8, 4) is 5.19 Å². The van der Waals surface area contributed by atoms with Gasteiger partial charge in [0.1, 0.15) is 16.4 Å². The maximum absolute atomic E-state index is 11.3. The lowest BCUT2D eigenvalue weighted by Gasteiger charge is -1.99. The molecular weight excluding hydrogens is 516 g/mol. The van der Waals surface area contributed by atoms with Crippen LogP contribution < -0.4 is 4.74 Å². The van der Waals surface area contributed by atoms with Crippen molar-refractivity contribution < 1.29 is 38.4 Å². The number of aliphatic hydroxyl groups is 1. The van der Waals surface area contributed by atoms with E-state index < -0.39 is 0 Å². The first kappa shape index (κ1) is 29.4. The van der Waals surface area contributed by atoms with Crippen LogP contribution in [0.2, 0.25) is 0 Å². The molecule has 0 aliphatic carbocycles. The summed E-state index contributed by atoms with van der Waals surface area (Å²) in [7, 11) is 3.14. The van der Waals surface area contributed by atoms with Gasteiger partial charge in [0, 0.05) is 14.2 Å². The van der Waals surface area contributed by atoms with Crippen molar-refractivity contribution in [2.75, 3.05) is 53.9 Å². The van der Waals surface area contributed by atoms with Gasteiger partial charge in [-0.05, 0) is 29.8 Å². The molecule has 0 aliphatic heterocycles. The number of rotatable bonds is 10. The van der Waals surface area contributed by atoms with Crippen molar-refractivity contribution in [3.63, 3.8) is 0 Å². The highest BCUT2D eigenvalue weighted by Crippen LogP contribution is 2.21. The zero-order valence-electron chi connectivity index (χ0n) is 17.8. The van der Waals surface area contributed by atoms with E-state index >= 15 is 0 Å². The van der Waals surface area contributed by atoms with Crippen LogP contribution in [0.4, 0.5) is 0 Å². The zero-order chi connectivity index (χ0) is 23.5. The highest BCUT2D eigenvalue weighted by atomic mass is 79.9. The normalized spacial score (nSPS) is 9.61. The van der Waals surface area contributed by atoms with Gasteiger partial charge >= 0.3 is 11.9 Å². The predicted molar refractivity (Wildman–Crippen MR) is 120 cm³/mol. The van der Waals surface area contributed by atoms with Gasteiger partial charge in [0.15, 0.2) is 3.92 Å². The Hall–Kier alpha value is -1.64. The van der Waals surface area contributed by atoms with Crippen molar-refractivity contribution in [2.45, 2.75) is 13.8 Å². The third kappa shape index (κ3) is 14.1. The molecule has 2 rings (SSSR count). The molecule has 0 fully saturated rings. The molecule has 0 radical (unpaired) electrons. The summed E-state index contributed by atoms with van der Waals surface area (Å²) in [5.41, 5.74) is 0. The molecule has 0 atom stereocenters. The molecule has 0 amide bonds. The number of carbonyl (C=O) groups excluding carboxylic acids is 2. The lowest BCUT2D eigenvalue weighted by atomic mass is 10.6. The molecule has 1 N–H and O–H groups in total. The Morgan fingerprint density at radius 3 is 1.90 bits per heavy atom. The number of halogens is 1. The molecule has 176 valence electrons. The van der Waals surface area contributed by atoms with Gasteiger partial charge < -0.3 is 28.8 Å². The van der Waals surface area contributed by atoms with E-state index in [1.54, 1.807) is 28.1 Å². The predicted octanol–water partition coefficient (Wildman–Crippen LogP) is 3.05. The topological polar surface area (TPSA) is 126 Å². The third-order valence-electron chi connectivity index (χ3n) is 2.72. The number of aliphatic hydroxyl groups excluding tert-OH is 1. The van der Waals surface area contributed by atoms with Crippen LogP contribution in [0.3, 0.4) is 0 Å². The minimum absolute atomic E-state index is 0.122. The Labute approximate surface area is 197 Å². The molecule has 2 aromatic heterocycles. The summed E-state index contributed by atoms with van der Waals surface area (Å²) in [5, 5.41) is 8.40. The van der Waals surface area contributed by atoms with Crippen LogP contribution in [-0.4, -0.2) is 80.9 Å². The first-order chi connectivity index (χ1) is 14.9. The zero-order valence-corrected chi connectivity index (χ0v) is 21.0. The molecule has 2 aromatic rings. The van der Waals surface area contributed by atoms with Gasteiger partial charge in [-0.1, -0.05) is 11.3 Å². The number of hydrogen-bond acceptors (Lipinski definition) is 12. The summed E-state index contributed by atoms with van der Waals surface area (Å²) in [4.78, 5) is 31.0. The fraction of sp³-hybridized carbons (Fsp3) is 0.556. The molecule has 0 unspecified atom stereocenters. The maximum atomic E-state index is 11.3. The number of aromatic nitrogens is 2. The second-order valence-electron chi connectivity index (χ2n) is 4.97.